The molecule has 2 N–H and O–H groups in total. The minimum absolute atomic E-state index is 0.168. The fourth-order valence-corrected chi connectivity index (χ4v) is 2.34. The number of rotatable bonds is 8. The van der Waals surface area contributed by atoms with Gasteiger partial charge in [0.05, 0.1) is 5.75 Å². The number of hydrogen-bond donors (Lipinski definition) is 2. The molecule has 0 rings (SSSR count). The van der Waals surface area contributed by atoms with E-state index < -0.39 is 10.1 Å². The molecule has 0 heterocycles. The molecule has 0 aromatic rings. The van der Waals surface area contributed by atoms with Gasteiger partial charge in [0.2, 0.25) is 5.91 Å². The predicted molar refractivity (Wildman–Crippen MR) is 71.6 cm³/mol. The van der Waals surface area contributed by atoms with Crippen molar-refractivity contribution in [2.45, 2.75) is 33.6 Å². The van der Waals surface area contributed by atoms with Crippen molar-refractivity contribution in [2.24, 2.45) is 5.92 Å². The highest BCUT2D eigenvalue weighted by Gasteiger charge is 2.18. The molecule has 0 aliphatic heterocycles. The molecule has 105 valence electrons. The Morgan fingerprint density at radius 3 is 2.39 bits per heavy atom. The van der Waals surface area contributed by atoms with Crippen LogP contribution in [0.2, 0.25) is 0 Å². The highest BCUT2D eigenvalue weighted by atomic mass is 32.2. The Morgan fingerprint density at radius 2 is 1.94 bits per heavy atom. The summed E-state index contributed by atoms with van der Waals surface area (Å²) in [7, 11) is -3.93. The second-order valence-corrected chi connectivity index (χ2v) is 6.13. The fraction of sp³-hybridized carbons (Fsp3) is 0.667. The minimum Gasteiger partial charge on any atom is -0.352 e. The summed E-state index contributed by atoms with van der Waals surface area (Å²) < 4.78 is 30.2. The first-order chi connectivity index (χ1) is 8.13. The highest BCUT2D eigenvalue weighted by molar-refractivity contribution is 7.85. The third-order valence-corrected chi connectivity index (χ3v) is 3.64. The molecule has 5 nitrogen and oxygen atoms in total. The van der Waals surface area contributed by atoms with E-state index in [2.05, 4.69) is 11.9 Å². The molecule has 1 unspecified atom stereocenters. The molecule has 0 saturated carbocycles. The Bertz CT molecular complexity index is 389. The molecule has 0 spiro atoms. The van der Waals surface area contributed by atoms with Crippen LogP contribution in [0.5, 0.6) is 0 Å². The molecule has 0 aromatic heterocycles. The molecule has 1 atom stereocenters. The van der Waals surface area contributed by atoms with E-state index in [1.807, 2.05) is 6.92 Å². The van der Waals surface area contributed by atoms with Crippen molar-refractivity contribution in [2.75, 3.05) is 12.3 Å². The van der Waals surface area contributed by atoms with Gasteiger partial charge in [0.25, 0.3) is 10.1 Å². The van der Waals surface area contributed by atoms with E-state index in [4.69, 9.17) is 4.55 Å². The van der Waals surface area contributed by atoms with E-state index in [1.165, 1.54) is 0 Å². The Morgan fingerprint density at radius 1 is 1.39 bits per heavy atom. The van der Waals surface area contributed by atoms with Crippen LogP contribution in [0.3, 0.4) is 0 Å². The molecule has 0 aromatic carbocycles. The molecule has 0 fully saturated rings. The average molecular weight is 276 g/mol. The molecule has 0 aliphatic carbocycles. The van der Waals surface area contributed by atoms with E-state index in [1.54, 1.807) is 13.8 Å². The van der Waals surface area contributed by atoms with Gasteiger partial charge in [0.15, 0.2) is 0 Å². The summed E-state index contributed by atoms with van der Waals surface area (Å²) in [6.07, 6.45) is 1.45. The Kier molecular flexibility index (Phi) is 7.16. The van der Waals surface area contributed by atoms with Crippen LogP contribution in [-0.4, -0.2) is 31.2 Å². The van der Waals surface area contributed by atoms with Crippen molar-refractivity contribution in [1.82, 2.24) is 5.32 Å². The molecule has 18 heavy (non-hydrogen) atoms. The molecule has 0 saturated heterocycles. The first-order valence-corrected chi connectivity index (χ1v) is 7.45. The molecule has 0 aliphatic rings. The van der Waals surface area contributed by atoms with Crippen molar-refractivity contribution in [3.8, 4) is 0 Å². The van der Waals surface area contributed by atoms with Crippen molar-refractivity contribution >= 4 is 16.0 Å². The van der Waals surface area contributed by atoms with E-state index in [9.17, 15) is 13.2 Å². The summed E-state index contributed by atoms with van der Waals surface area (Å²) in [6, 6.07) is 0. The molecule has 1 amide bonds. The quantitative estimate of drug-likeness (QED) is 0.400. The smallest absolute Gasteiger partial charge is 0.265 e. The molecular weight excluding hydrogens is 254 g/mol. The number of carbonyl (C=O) groups is 1. The lowest BCUT2D eigenvalue weighted by Gasteiger charge is -2.17. The monoisotopic (exact) mass is 276 g/mol. The van der Waals surface area contributed by atoms with E-state index in [-0.39, 0.29) is 17.6 Å². The van der Waals surface area contributed by atoms with Crippen molar-refractivity contribution < 1.29 is 17.8 Å². The van der Waals surface area contributed by atoms with Crippen LogP contribution in [0.15, 0.2) is 12.2 Å². The van der Waals surface area contributed by atoms with Gasteiger partial charge in [-0.25, -0.2) is 0 Å². The van der Waals surface area contributed by atoms with Gasteiger partial charge in [-0.15, -0.1) is 0 Å². The topological polar surface area (TPSA) is 83.5 Å². The van der Waals surface area contributed by atoms with Gasteiger partial charge in [0.1, 0.15) is 0 Å². The summed E-state index contributed by atoms with van der Waals surface area (Å²) in [5.74, 6) is 0.393. The van der Waals surface area contributed by atoms with E-state index >= 15 is 0 Å². The van der Waals surface area contributed by atoms with Gasteiger partial charge < -0.3 is 5.32 Å². The lowest BCUT2D eigenvalue weighted by molar-refractivity contribution is -0.117. The van der Waals surface area contributed by atoms with Crippen LogP contribution in [0.4, 0.5) is 0 Å². The standard InChI is InChI=1S/C12H22NO4S/c1-9(2)12(14)13-7-5-6-10(3)11(4)8-18(15,16)17/h11H,1,5-8H2,2-4H3,(H,13,14)(H,15,16,17). The summed E-state index contributed by atoms with van der Waals surface area (Å²) in [5.41, 5.74) is 0.468. The minimum atomic E-state index is -3.93. The Labute approximate surface area is 109 Å². The maximum Gasteiger partial charge on any atom is 0.265 e. The van der Waals surface area contributed by atoms with Crippen molar-refractivity contribution in [3.63, 3.8) is 0 Å². The largest absolute Gasteiger partial charge is 0.352 e. The zero-order chi connectivity index (χ0) is 14.3. The zero-order valence-corrected chi connectivity index (χ0v) is 12.0. The van der Waals surface area contributed by atoms with E-state index in [0.717, 1.165) is 12.3 Å². The summed E-state index contributed by atoms with van der Waals surface area (Å²) >= 11 is 0. The normalized spacial score (nSPS) is 13.4. The average Bonchev–Trinajstić information content (AvgIpc) is 2.20. The van der Waals surface area contributed by atoms with Gasteiger partial charge >= 0.3 is 0 Å². The van der Waals surface area contributed by atoms with Gasteiger partial charge in [-0.2, -0.15) is 8.42 Å². The van der Waals surface area contributed by atoms with Crippen molar-refractivity contribution in [3.05, 3.63) is 18.1 Å². The highest BCUT2D eigenvalue weighted by Crippen LogP contribution is 2.20. The third kappa shape index (κ3) is 8.25. The molecular formula is C12H22NO4S. The molecule has 0 bridgehead atoms. The first kappa shape index (κ1) is 17.1. The van der Waals surface area contributed by atoms with Crippen LogP contribution < -0.4 is 5.32 Å². The molecule has 1 radical (unpaired) electrons. The van der Waals surface area contributed by atoms with Gasteiger partial charge in [-0.1, -0.05) is 20.4 Å². The maximum absolute atomic E-state index is 11.2. The number of hydrogen-bond acceptors (Lipinski definition) is 3. The summed E-state index contributed by atoms with van der Waals surface area (Å²) in [4.78, 5) is 11.2. The number of carbonyl (C=O) groups excluding carboxylic acids is 1. The van der Waals surface area contributed by atoms with E-state index in [0.29, 0.717) is 18.5 Å². The summed E-state index contributed by atoms with van der Waals surface area (Å²) in [6.45, 7) is 9.31. The van der Waals surface area contributed by atoms with Crippen LogP contribution >= 0.6 is 0 Å². The third-order valence-electron chi connectivity index (χ3n) is 2.72. The fourth-order valence-electron chi connectivity index (χ4n) is 1.42. The van der Waals surface area contributed by atoms with Gasteiger partial charge in [-0.05, 0) is 31.6 Å². The number of nitrogens with one attached hydrogen (secondary N) is 1. The Hall–Kier alpha value is -0.880. The van der Waals surface area contributed by atoms with Crippen molar-refractivity contribution in [1.29, 1.82) is 0 Å². The predicted octanol–water partition coefficient (Wildman–Crippen LogP) is 1.58. The maximum atomic E-state index is 11.2. The lowest BCUT2D eigenvalue weighted by atomic mass is 9.93. The Balaban J connectivity index is 3.87. The number of amides is 1. The summed E-state index contributed by atoms with van der Waals surface area (Å²) in [5, 5.41) is 2.71. The van der Waals surface area contributed by atoms with Gasteiger partial charge in [0, 0.05) is 12.1 Å². The molecule has 6 heteroatoms. The second kappa shape index (κ2) is 7.53. The first-order valence-electron chi connectivity index (χ1n) is 5.84. The van der Waals surface area contributed by atoms with Gasteiger partial charge in [-0.3, -0.25) is 9.35 Å². The second-order valence-electron chi connectivity index (χ2n) is 4.64. The lowest BCUT2D eigenvalue weighted by Crippen LogP contribution is -2.25. The SMILES string of the molecule is C=C(C)C(=O)NCCC[C](C)C(C)CS(=O)(=O)O. The zero-order valence-electron chi connectivity index (χ0n) is 11.2. The van der Waals surface area contributed by atoms with Crippen LogP contribution in [0.1, 0.15) is 33.6 Å². The van der Waals surface area contributed by atoms with Crippen LogP contribution in [0.25, 0.3) is 0 Å². The van der Waals surface area contributed by atoms with Crippen LogP contribution in [0, 0.1) is 11.8 Å². The van der Waals surface area contributed by atoms with Crippen LogP contribution in [-0.2, 0) is 14.9 Å².